The van der Waals surface area contributed by atoms with Crippen molar-refractivity contribution in [1.82, 2.24) is 0 Å². The third kappa shape index (κ3) is 8.99. The molecule has 0 fully saturated rings. The molecule has 0 spiro atoms. The van der Waals surface area contributed by atoms with E-state index >= 15 is 0 Å². The molecule has 1 atom stereocenters. The normalized spacial score (nSPS) is 11.8. The lowest BCUT2D eigenvalue weighted by Crippen LogP contribution is -2.31. The standard InChI is InChI=1S/C21H33NO4/c1-2-3-4-5-6-7-8-13-18-14-9-10-15-19(18)22-20(21(24)26-25)16-11-12-17-23/h9-10,14-15,17,20,22,25H,2-8,11-13,16H2,1H3. The van der Waals surface area contributed by atoms with Gasteiger partial charge in [-0.25, -0.2) is 4.79 Å². The maximum atomic E-state index is 11.8. The van der Waals surface area contributed by atoms with Crippen LogP contribution in [0.15, 0.2) is 24.3 Å². The van der Waals surface area contributed by atoms with Crippen molar-refractivity contribution in [2.45, 2.75) is 83.6 Å². The second-order valence-corrected chi connectivity index (χ2v) is 6.73. The second-order valence-electron chi connectivity index (χ2n) is 6.73. The highest BCUT2D eigenvalue weighted by Gasteiger charge is 2.20. The van der Waals surface area contributed by atoms with E-state index in [4.69, 9.17) is 5.26 Å². The first-order valence-corrected chi connectivity index (χ1v) is 9.86. The smallest absolute Gasteiger partial charge is 0.364 e. The summed E-state index contributed by atoms with van der Waals surface area (Å²) >= 11 is 0. The molecule has 0 aromatic heterocycles. The van der Waals surface area contributed by atoms with Gasteiger partial charge in [0.25, 0.3) is 0 Å². The highest BCUT2D eigenvalue weighted by Crippen LogP contribution is 2.21. The minimum Gasteiger partial charge on any atom is -0.372 e. The van der Waals surface area contributed by atoms with Crippen LogP contribution >= 0.6 is 0 Å². The summed E-state index contributed by atoms with van der Waals surface area (Å²) in [6, 6.07) is 7.26. The van der Waals surface area contributed by atoms with Crippen molar-refractivity contribution >= 4 is 17.9 Å². The molecule has 0 aliphatic rings. The fourth-order valence-electron chi connectivity index (χ4n) is 3.06. The molecule has 2 N–H and O–H groups in total. The van der Waals surface area contributed by atoms with Crippen molar-refractivity contribution in [3.63, 3.8) is 0 Å². The molecule has 1 aromatic carbocycles. The van der Waals surface area contributed by atoms with Crippen LogP contribution < -0.4 is 5.32 Å². The molecule has 0 radical (unpaired) electrons. The van der Waals surface area contributed by atoms with Crippen LogP contribution in [0, 0.1) is 0 Å². The van der Waals surface area contributed by atoms with E-state index in [9.17, 15) is 9.59 Å². The van der Waals surface area contributed by atoms with Crippen molar-refractivity contribution in [1.29, 1.82) is 0 Å². The molecule has 0 heterocycles. The lowest BCUT2D eigenvalue weighted by atomic mass is 10.0. The number of benzene rings is 1. The van der Waals surface area contributed by atoms with Crippen LogP contribution in [0.2, 0.25) is 0 Å². The quantitative estimate of drug-likeness (QED) is 0.195. The van der Waals surface area contributed by atoms with E-state index in [-0.39, 0.29) is 0 Å². The number of nitrogens with one attached hydrogen (secondary N) is 1. The summed E-state index contributed by atoms with van der Waals surface area (Å²) in [5.74, 6) is -0.721. The number of para-hydroxylation sites is 1. The largest absolute Gasteiger partial charge is 0.372 e. The van der Waals surface area contributed by atoms with Gasteiger partial charge in [-0.15, -0.1) is 0 Å². The second kappa shape index (κ2) is 14.3. The van der Waals surface area contributed by atoms with Crippen LogP contribution in [0.1, 0.15) is 76.7 Å². The fraction of sp³-hybridized carbons (Fsp3) is 0.619. The molecule has 0 aliphatic carbocycles. The molecule has 146 valence electrons. The summed E-state index contributed by atoms with van der Waals surface area (Å²) in [5.41, 5.74) is 2.05. The maximum absolute atomic E-state index is 11.8. The molecule has 0 aliphatic heterocycles. The zero-order chi connectivity index (χ0) is 19.0. The van der Waals surface area contributed by atoms with E-state index in [1.165, 1.54) is 38.5 Å². The molecule has 0 bridgehead atoms. The van der Waals surface area contributed by atoms with Crippen LogP contribution in [-0.2, 0) is 20.9 Å². The number of carbonyl (C=O) groups excluding carboxylic acids is 2. The molecule has 0 saturated carbocycles. The molecule has 1 unspecified atom stereocenters. The first kappa shape index (κ1) is 22.2. The maximum Gasteiger partial charge on any atom is 0.364 e. The van der Waals surface area contributed by atoms with E-state index in [1.54, 1.807) is 0 Å². The van der Waals surface area contributed by atoms with Crippen LogP contribution in [0.25, 0.3) is 0 Å². The van der Waals surface area contributed by atoms with Gasteiger partial charge in [0.1, 0.15) is 12.3 Å². The van der Waals surface area contributed by atoms with E-state index in [1.807, 2.05) is 18.2 Å². The monoisotopic (exact) mass is 363 g/mol. The van der Waals surface area contributed by atoms with Gasteiger partial charge in [-0.1, -0.05) is 63.6 Å². The van der Waals surface area contributed by atoms with Crippen molar-refractivity contribution in [2.75, 3.05) is 5.32 Å². The van der Waals surface area contributed by atoms with Crippen molar-refractivity contribution in [2.24, 2.45) is 0 Å². The Bertz CT molecular complexity index is 518. The molecule has 1 rings (SSSR count). The molecule has 5 nitrogen and oxygen atoms in total. The van der Waals surface area contributed by atoms with Gasteiger partial charge in [0.15, 0.2) is 0 Å². The van der Waals surface area contributed by atoms with Gasteiger partial charge < -0.3 is 10.1 Å². The van der Waals surface area contributed by atoms with Gasteiger partial charge >= 0.3 is 5.97 Å². The highest BCUT2D eigenvalue weighted by molar-refractivity contribution is 5.79. The minimum atomic E-state index is -0.721. The van der Waals surface area contributed by atoms with Crippen LogP contribution in [0.4, 0.5) is 5.69 Å². The Balaban J connectivity index is 2.54. The van der Waals surface area contributed by atoms with Crippen molar-refractivity contribution in [3.05, 3.63) is 29.8 Å². The Hall–Kier alpha value is -1.88. The van der Waals surface area contributed by atoms with Gasteiger partial charge in [0.05, 0.1) is 0 Å². The zero-order valence-corrected chi connectivity index (χ0v) is 15.9. The first-order chi connectivity index (χ1) is 12.7. The van der Waals surface area contributed by atoms with E-state index in [0.29, 0.717) is 19.3 Å². The predicted octanol–water partition coefficient (Wildman–Crippen LogP) is 5.15. The first-order valence-electron chi connectivity index (χ1n) is 9.86. The number of hydrogen-bond acceptors (Lipinski definition) is 5. The molecular weight excluding hydrogens is 330 g/mol. The summed E-state index contributed by atoms with van der Waals surface area (Å²) in [7, 11) is 0. The fourth-order valence-corrected chi connectivity index (χ4v) is 3.06. The Morgan fingerprint density at radius 2 is 1.81 bits per heavy atom. The molecule has 26 heavy (non-hydrogen) atoms. The summed E-state index contributed by atoms with van der Waals surface area (Å²) in [6.45, 7) is 2.22. The lowest BCUT2D eigenvalue weighted by Gasteiger charge is -2.19. The van der Waals surface area contributed by atoms with Gasteiger partial charge in [-0.05, 0) is 37.3 Å². The number of rotatable bonds is 15. The highest BCUT2D eigenvalue weighted by atomic mass is 17.1. The summed E-state index contributed by atoms with van der Waals surface area (Å²) in [6.07, 6.45) is 12.0. The minimum absolute atomic E-state index is 0.385. The number of unbranched alkanes of at least 4 members (excludes halogenated alkanes) is 7. The van der Waals surface area contributed by atoms with E-state index in [0.717, 1.165) is 30.4 Å². The number of aldehydes is 1. The molecule has 0 saturated heterocycles. The molecule has 0 amide bonds. The summed E-state index contributed by atoms with van der Waals surface area (Å²) in [4.78, 5) is 26.2. The Morgan fingerprint density at radius 1 is 1.12 bits per heavy atom. The van der Waals surface area contributed by atoms with Crippen LogP contribution in [0.3, 0.4) is 0 Å². The molecule has 1 aromatic rings. The number of anilines is 1. The summed E-state index contributed by atoms with van der Waals surface area (Å²) < 4.78 is 0. The van der Waals surface area contributed by atoms with Gasteiger partial charge in [0, 0.05) is 12.1 Å². The number of carbonyl (C=O) groups is 2. The SMILES string of the molecule is CCCCCCCCCc1ccccc1NC(CCCC=O)C(=O)OO. The Morgan fingerprint density at radius 3 is 2.50 bits per heavy atom. The third-order valence-corrected chi connectivity index (χ3v) is 4.59. The van der Waals surface area contributed by atoms with E-state index < -0.39 is 12.0 Å². The van der Waals surface area contributed by atoms with Crippen molar-refractivity contribution < 1.29 is 19.7 Å². The average molecular weight is 363 g/mol. The predicted molar refractivity (Wildman–Crippen MR) is 104 cm³/mol. The van der Waals surface area contributed by atoms with Gasteiger partial charge in [-0.2, -0.15) is 5.26 Å². The lowest BCUT2D eigenvalue weighted by molar-refractivity contribution is -0.235. The number of aryl methyl sites for hydroxylation is 1. The Labute approximate surface area is 157 Å². The van der Waals surface area contributed by atoms with Crippen LogP contribution in [-0.4, -0.2) is 23.6 Å². The van der Waals surface area contributed by atoms with Crippen molar-refractivity contribution in [3.8, 4) is 0 Å². The zero-order valence-electron chi connectivity index (χ0n) is 15.9. The topological polar surface area (TPSA) is 75.6 Å². The third-order valence-electron chi connectivity index (χ3n) is 4.59. The molecule has 5 heteroatoms. The van der Waals surface area contributed by atoms with Gasteiger partial charge in [0.2, 0.25) is 0 Å². The van der Waals surface area contributed by atoms with Crippen LogP contribution in [0.5, 0.6) is 0 Å². The summed E-state index contributed by atoms with van der Waals surface area (Å²) in [5, 5.41) is 11.9. The molecular formula is C21H33NO4. The Kier molecular flexibility index (Phi) is 12.2. The average Bonchev–Trinajstić information content (AvgIpc) is 2.67. The van der Waals surface area contributed by atoms with Gasteiger partial charge in [-0.3, -0.25) is 4.89 Å². The van der Waals surface area contributed by atoms with E-state index in [2.05, 4.69) is 23.2 Å². The number of hydrogen-bond donors (Lipinski definition) is 2.